The van der Waals surface area contributed by atoms with Crippen LogP contribution in [0.5, 0.6) is 0 Å². The Balaban J connectivity index is 2.79. The van der Waals surface area contributed by atoms with Gasteiger partial charge in [0.1, 0.15) is 5.15 Å². The predicted octanol–water partition coefficient (Wildman–Crippen LogP) is 1.62. The van der Waals surface area contributed by atoms with E-state index in [1.807, 2.05) is 6.92 Å². The van der Waals surface area contributed by atoms with Gasteiger partial charge >= 0.3 is 0 Å². The van der Waals surface area contributed by atoms with E-state index in [0.29, 0.717) is 5.15 Å². The van der Waals surface area contributed by atoms with Crippen LogP contribution in [-0.4, -0.2) is 44.9 Å². The van der Waals surface area contributed by atoms with Crippen molar-refractivity contribution in [2.45, 2.75) is 26.4 Å². The van der Waals surface area contributed by atoms with E-state index < -0.39 is 5.60 Å². The first-order valence-corrected chi connectivity index (χ1v) is 6.34. The van der Waals surface area contributed by atoms with Crippen molar-refractivity contribution in [1.29, 1.82) is 0 Å². The number of carbonyl (C=O) groups is 1. The second-order valence-electron chi connectivity index (χ2n) is 5.25. The van der Waals surface area contributed by atoms with Gasteiger partial charge in [0, 0.05) is 32.3 Å². The molecule has 0 aliphatic heterocycles. The van der Waals surface area contributed by atoms with E-state index in [0.717, 1.165) is 11.3 Å². The smallest absolute Gasteiger partial charge is 0.246 e. The van der Waals surface area contributed by atoms with Crippen LogP contribution in [-0.2, 0) is 11.8 Å². The number of nitrogens with zero attached hydrogens (tertiary/aromatic N) is 3. The van der Waals surface area contributed by atoms with Gasteiger partial charge in [-0.1, -0.05) is 11.6 Å². The van der Waals surface area contributed by atoms with Crippen molar-refractivity contribution in [2.75, 3.05) is 13.6 Å². The molecule has 1 N–H and O–H groups in total. The van der Waals surface area contributed by atoms with Gasteiger partial charge in [-0.15, -0.1) is 0 Å². The highest BCUT2D eigenvalue weighted by atomic mass is 35.5. The number of halogens is 1. The first kappa shape index (κ1) is 15.7. The highest BCUT2D eigenvalue weighted by molar-refractivity contribution is 6.31. The Hall–Kier alpha value is -1.33. The number of likely N-dealkylation sites (N-methyl/N-ethyl adjacent to an activating group) is 1. The fourth-order valence-corrected chi connectivity index (χ4v) is 2.01. The zero-order chi connectivity index (χ0) is 14.8. The molecule has 1 heterocycles. The third-order valence-electron chi connectivity index (χ3n) is 2.59. The normalized spacial score (nSPS) is 12.2. The molecule has 1 rings (SSSR count). The molecule has 0 saturated heterocycles. The maximum atomic E-state index is 11.9. The van der Waals surface area contributed by atoms with Crippen molar-refractivity contribution < 1.29 is 9.90 Å². The molecule has 6 heteroatoms. The van der Waals surface area contributed by atoms with Crippen LogP contribution in [0.3, 0.4) is 0 Å². The lowest BCUT2D eigenvalue weighted by Crippen LogP contribution is -2.38. The Morgan fingerprint density at radius 3 is 2.58 bits per heavy atom. The third kappa shape index (κ3) is 4.36. The predicted molar refractivity (Wildman–Crippen MR) is 75.9 cm³/mol. The molecular formula is C13H20ClN3O2. The summed E-state index contributed by atoms with van der Waals surface area (Å²) < 4.78 is 1.56. The summed E-state index contributed by atoms with van der Waals surface area (Å²) in [5.41, 5.74) is 0.580. The van der Waals surface area contributed by atoms with E-state index in [-0.39, 0.29) is 12.5 Å². The minimum atomic E-state index is -0.917. The van der Waals surface area contributed by atoms with Crippen molar-refractivity contribution in [2.24, 2.45) is 7.05 Å². The van der Waals surface area contributed by atoms with Gasteiger partial charge in [0.25, 0.3) is 0 Å². The lowest BCUT2D eigenvalue weighted by Gasteiger charge is -2.24. The van der Waals surface area contributed by atoms with Gasteiger partial charge in [-0.3, -0.25) is 9.48 Å². The third-order valence-corrected chi connectivity index (χ3v) is 3.04. The number of hydrogen-bond acceptors (Lipinski definition) is 3. The number of rotatable bonds is 4. The van der Waals surface area contributed by atoms with Gasteiger partial charge in [-0.05, 0) is 26.8 Å². The number of carbonyl (C=O) groups excluding carboxylic acids is 1. The lowest BCUT2D eigenvalue weighted by molar-refractivity contribution is -0.127. The van der Waals surface area contributed by atoms with Gasteiger partial charge in [-0.2, -0.15) is 5.10 Å². The van der Waals surface area contributed by atoms with Crippen LogP contribution in [0.25, 0.3) is 6.08 Å². The summed E-state index contributed by atoms with van der Waals surface area (Å²) in [6.45, 7) is 5.40. The molecule has 0 unspecified atom stereocenters. The molecule has 0 atom stereocenters. The van der Waals surface area contributed by atoms with Gasteiger partial charge in [0.2, 0.25) is 5.91 Å². The molecule has 0 saturated carbocycles. The Kier molecular flexibility index (Phi) is 4.76. The van der Waals surface area contributed by atoms with Crippen molar-refractivity contribution in [3.8, 4) is 0 Å². The molecule has 0 radical (unpaired) electrons. The topological polar surface area (TPSA) is 58.4 Å². The molecular weight excluding hydrogens is 266 g/mol. The molecule has 106 valence electrons. The van der Waals surface area contributed by atoms with Gasteiger partial charge in [-0.25, -0.2) is 0 Å². The molecule has 0 bridgehead atoms. The van der Waals surface area contributed by atoms with Crippen molar-refractivity contribution in [3.63, 3.8) is 0 Å². The summed E-state index contributed by atoms with van der Waals surface area (Å²) in [5, 5.41) is 14.3. The highest BCUT2D eigenvalue weighted by Gasteiger charge is 2.18. The summed E-state index contributed by atoms with van der Waals surface area (Å²) in [4.78, 5) is 13.3. The summed E-state index contributed by atoms with van der Waals surface area (Å²) in [6.07, 6.45) is 3.08. The fraction of sp³-hybridized carbons (Fsp3) is 0.538. The number of aliphatic hydroxyl groups is 1. The Bertz CT molecular complexity index is 501. The molecule has 0 fully saturated rings. The average molecular weight is 286 g/mol. The van der Waals surface area contributed by atoms with Gasteiger partial charge in [0.05, 0.1) is 11.3 Å². The molecule has 0 aromatic carbocycles. The van der Waals surface area contributed by atoms with E-state index in [1.54, 1.807) is 38.7 Å². The minimum absolute atomic E-state index is 0.193. The summed E-state index contributed by atoms with van der Waals surface area (Å²) in [6, 6.07) is 0. The molecule has 5 nitrogen and oxygen atoms in total. The maximum Gasteiger partial charge on any atom is 0.246 e. The SMILES string of the molecule is Cc1nn(C)c(Cl)c1C=CC(=O)N(C)CC(C)(C)O. The molecule has 19 heavy (non-hydrogen) atoms. The minimum Gasteiger partial charge on any atom is -0.389 e. The number of aromatic nitrogens is 2. The van der Waals surface area contributed by atoms with Gasteiger partial charge in [0.15, 0.2) is 0 Å². The molecule has 0 aliphatic rings. The zero-order valence-electron chi connectivity index (χ0n) is 11.9. The first-order valence-electron chi connectivity index (χ1n) is 5.96. The van der Waals surface area contributed by atoms with Crippen molar-refractivity contribution >= 4 is 23.6 Å². The van der Waals surface area contributed by atoms with E-state index in [4.69, 9.17) is 11.6 Å². The van der Waals surface area contributed by atoms with Crippen LogP contribution < -0.4 is 0 Å². The van der Waals surface area contributed by atoms with Crippen LogP contribution in [0.2, 0.25) is 5.15 Å². The fourth-order valence-electron chi connectivity index (χ4n) is 1.78. The molecule has 1 aromatic heterocycles. The average Bonchev–Trinajstić information content (AvgIpc) is 2.48. The monoisotopic (exact) mass is 285 g/mol. The second kappa shape index (κ2) is 5.75. The maximum absolute atomic E-state index is 11.9. The van der Waals surface area contributed by atoms with Crippen LogP contribution >= 0.6 is 11.6 Å². The molecule has 1 amide bonds. The van der Waals surface area contributed by atoms with E-state index >= 15 is 0 Å². The van der Waals surface area contributed by atoms with E-state index in [9.17, 15) is 9.90 Å². The Labute approximate surface area is 118 Å². The molecule has 0 spiro atoms. The van der Waals surface area contributed by atoms with E-state index in [2.05, 4.69) is 5.10 Å². The quantitative estimate of drug-likeness (QED) is 0.856. The van der Waals surface area contributed by atoms with Crippen molar-refractivity contribution in [1.82, 2.24) is 14.7 Å². The molecule has 0 aliphatic carbocycles. The standard InChI is InChI=1S/C13H20ClN3O2/c1-9-10(12(14)17(5)15-9)6-7-11(18)16(4)8-13(2,3)19/h6-7,19H,8H2,1-5H3. The highest BCUT2D eigenvalue weighted by Crippen LogP contribution is 2.20. The summed E-state index contributed by atoms with van der Waals surface area (Å²) >= 11 is 6.07. The summed E-state index contributed by atoms with van der Waals surface area (Å²) in [7, 11) is 3.39. The van der Waals surface area contributed by atoms with Crippen molar-refractivity contribution in [3.05, 3.63) is 22.5 Å². The largest absolute Gasteiger partial charge is 0.389 e. The van der Waals surface area contributed by atoms with Crippen LogP contribution in [0.4, 0.5) is 0 Å². The Morgan fingerprint density at radius 2 is 2.16 bits per heavy atom. The number of amides is 1. The zero-order valence-corrected chi connectivity index (χ0v) is 12.7. The van der Waals surface area contributed by atoms with E-state index in [1.165, 1.54) is 11.0 Å². The van der Waals surface area contributed by atoms with Crippen LogP contribution in [0.15, 0.2) is 6.08 Å². The second-order valence-corrected chi connectivity index (χ2v) is 5.61. The van der Waals surface area contributed by atoms with Crippen LogP contribution in [0.1, 0.15) is 25.1 Å². The molecule has 1 aromatic rings. The van der Waals surface area contributed by atoms with Gasteiger partial charge < -0.3 is 10.0 Å². The Morgan fingerprint density at radius 1 is 1.58 bits per heavy atom. The number of aryl methyl sites for hydroxylation is 2. The number of hydrogen-bond donors (Lipinski definition) is 1. The van der Waals surface area contributed by atoms with Crippen LogP contribution in [0, 0.1) is 6.92 Å². The first-order chi connectivity index (χ1) is 8.61. The lowest BCUT2D eigenvalue weighted by atomic mass is 10.1. The summed E-state index contributed by atoms with van der Waals surface area (Å²) in [5.74, 6) is -0.193.